The second-order valence-corrected chi connectivity index (χ2v) is 6.30. The van der Waals surface area contributed by atoms with Crippen molar-refractivity contribution >= 4 is 17.5 Å². The van der Waals surface area contributed by atoms with Gasteiger partial charge >= 0.3 is 0 Å². The van der Waals surface area contributed by atoms with Gasteiger partial charge in [-0.3, -0.25) is 14.8 Å². The maximum atomic E-state index is 12.1. The number of hydrogen-bond donors (Lipinski definition) is 3. The molecule has 0 bridgehead atoms. The quantitative estimate of drug-likeness (QED) is 0.534. The van der Waals surface area contributed by atoms with Crippen molar-refractivity contribution in [3.63, 3.8) is 0 Å². The molecule has 1 aromatic rings. The highest BCUT2D eigenvalue weighted by atomic mass is 16.5. The number of carbonyl (C=O) groups is 2. The molecule has 5 heteroatoms. The first-order valence-corrected chi connectivity index (χ1v) is 7.10. The lowest BCUT2D eigenvalue weighted by Crippen LogP contribution is -2.27. The van der Waals surface area contributed by atoms with E-state index in [0.29, 0.717) is 6.42 Å². The van der Waals surface area contributed by atoms with Crippen molar-refractivity contribution in [2.75, 3.05) is 5.32 Å². The van der Waals surface area contributed by atoms with Crippen molar-refractivity contribution in [2.24, 2.45) is 11.3 Å². The Hall–Kier alpha value is -1.88. The van der Waals surface area contributed by atoms with Gasteiger partial charge in [-0.15, -0.1) is 0 Å². The van der Waals surface area contributed by atoms with Crippen LogP contribution in [0, 0.1) is 11.3 Å². The third kappa shape index (κ3) is 6.90. The average Bonchev–Trinajstić information content (AvgIpc) is 2.37. The molecule has 0 fully saturated rings. The summed E-state index contributed by atoms with van der Waals surface area (Å²) >= 11 is 0. The number of carbonyl (C=O) groups excluding carboxylic acids is 2. The van der Waals surface area contributed by atoms with E-state index in [1.54, 1.807) is 5.48 Å². The third-order valence-corrected chi connectivity index (χ3v) is 3.26. The molecule has 1 rings (SSSR count). The lowest BCUT2D eigenvalue weighted by Gasteiger charge is -2.27. The van der Waals surface area contributed by atoms with Crippen LogP contribution in [0.3, 0.4) is 0 Å². The summed E-state index contributed by atoms with van der Waals surface area (Å²) in [5.41, 5.74) is 2.21. The van der Waals surface area contributed by atoms with Crippen LogP contribution < -0.4 is 10.8 Å². The molecule has 0 aromatic heterocycles. The number of rotatable bonds is 7. The van der Waals surface area contributed by atoms with Crippen LogP contribution in [0.2, 0.25) is 0 Å². The van der Waals surface area contributed by atoms with E-state index in [-0.39, 0.29) is 23.7 Å². The standard InChI is InChI=1S/C16H24N2O3/c1-12(9-14(19)18-21)10-16(2,3)11-15(20)17-13-7-5-4-6-8-13/h4-8,12,21H,9-11H2,1-3H3,(H,17,20)(H,18,19). The van der Waals surface area contributed by atoms with Gasteiger partial charge in [-0.2, -0.15) is 0 Å². The molecular formula is C16H24N2O3. The number of benzene rings is 1. The van der Waals surface area contributed by atoms with Gasteiger partial charge in [0.2, 0.25) is 11.8 Å². The van der Waals surface area contributed by atoms with E-state index >= 15 is 0 Å². The minimum absolute atomic E-state index is 0.0370. The molecule has 1 atom stereocenters. The van der Waals surface area contributed by atoms with Crippen LogP contribution in [0.25, 0.3) is 0 Å². The van der Waals surface area contributed by atoms with Crippen LogP contribution in [0.5, 0.6) is 0 Å². The lowest BCUT2D eigenvalue weighted by atomic mass is 9.79. The molecular weight excluding hydrogens is 268 g/mol. The van der Waals surface area contributed by atoms with Gasteiger partial charge in [0, 0.05) is 18.5 Å². The van der Waals surface area contributed by atoms with Gasteiger partial charge in [0.25, 0.3) is 0 Å². The highest BCUT2D eigenvalue weighted by Crippen LogP contribution is 2.31. The summed E-state index contributed by atoms with van der Waals surface area (Å²) in [5, 5.41) is 11.4. The minimum atomic E-state index is -0.396. The molecule has 0 saturated carbocycles. The van der Waals surface area contributed by atoms with Gasteiger partial charge in [0.1, 0.15) is 0 Å². The average molecular weight is 292 g/mol. The Morgan fingerprint density at radius 3 is 2.38 bits per heavy atom. The van der Waals surface area contributed by atoms with E-state index in [1.165, 1.54) is 0 Å². The lowest BCUT2D eigenvalue weighted by molar-refractivity contribution is -0.130. The molecule has 5 nitrogen and oxygen atoms in total. The molecule has 0 aliphatic rings. The molecule has 0 spiro atoms. The Bertz CT molecular complexity index is 472. The van der Waals surface area contributed by atoms with Gasteiger partial charge in [0.15, 0.2) is 0 Å². The van der Waals surface area contributed by atoms with E-state index < -0.39 is 5.91 Å². The van der Waals surface area contributed by atoms with Crippen molar-refractivity contribution in [3.05, 3.63) is 30.3 Å². The predicted octanol–water partition coefficient (Wildman–Crippen LogP) is 2.96. The zero-order valence-corrected chi connectivity index (χ0v) is 12.8. The van der Waals surface area contributed by atoms with E-state index in [1.807, 2.05) is 51.1 Å². The summed E-state index contributed by atoms with van der Waals surface area (Å²) in [5.74, 6) is -0.339. The van der Waals surface area contributed by atoms with Crippen LogP contribution in [-0.2, 0) is 9.59 Å². The van der Waals surface area contributed by atoms with Crippen molar-refractivity contribution in [3.8, 4) is 0 Å². The van der Waals surface area contributed by atoms with Crippen LogP contribution in [0.15, 0.2) is 30.3 Å². The highest BCUT2D eigenvalue weighted by Gasteiger charge is 2.25. The van der Waals surface area contributed by atoms with E-state index in [9.17, 15) is 9.59 Å². The monoisotopic (exact) mass is 292 g/mol. The second-order valence-electron chi connectivity index (χ2n) is 6.30. The third-order valence-electron chi connectivity index (χ3n) is 3.26. The Labute approximate surface area is 125 Å². The van der Waals surface area contributed by atoms with E-state index in [2.05, 4.69) is 5.32 Å². The minimum Gasteiger partial charge on any atom is -0.326 e. The predicted molar refractivity (Wildman–Crippen MR) is 81.8 cm³/mol. The molecule has 3 N–H and O–H groups in total. The largest absolute Gasteiger partial charge is 0.326 e. The molecule has 2 amide bonds. The van der Waals surface area contributed by atoms with Crippen LogP contribution in [-0.4, -0.2) is 17.0 Å². The maximum absolute atomic E-state index is 12.1. The van der Waals surface area contributed by atoms with E-state index in [0.717, 1.165) is 12.1 Å². The highest BCUT2D eigenvalue weighted by molar-refractivity contribution is 5.91. The molecule has 1 unspecified atom stereocenters. The summed E-state index contributed by atoms with van der Waals surface area (Å²) in [6.45, 7) is 5.95. The maximum Gasteiger partial charge on any atom is 0.243 e. The number of hydroxylamine groups is 1. The van der Waals surface area contributed by atoms with Gasteiger partial charge < -0.3 is 5.32 Å². The Balaban J connectivity index is 2.47. The molecule has 21 heavy (non-hydrogen) atoms. The molecule has 0 aliphatic heterocycles. The fourth-order valence-electron chi connectivity index (χ4n) is 2.61. The summed E-state index contributed by atoms with van der Waals surface area (Å²) in [4.78, 5) is 23.2. The normalized spacial score (nSPS) is 12.6. The Kier molecular flexibility index (Phi) is 6.37. The van der Waals surface area contributed by atoms with Gasteiger partial charge in [-0.1, -0.05) is 39.0 Å². The smallest absolute Gasteiger partial charge is 0.243 e. The van der Waals surface area contributed by atoms with Crippen molar-refractivity contribution in [1.29, 1.82) is 0 Å². The zero-order chi connectivity index (χ0) is 15.9. The summed E-state index contributed by atoms with van der Waals surface area (Å²) in [6, 6.07) is 9.33. The molecule has 1 aromatic carbocycles. The Morgan fingerprint density at radius 2 is 1.81 bits per heavy atom. The first-order valence-electron chi connectivity index (χ1n) is 7.10. The molecule has 0 aliphatic carbocycles. The first kappa shape index (κ1) is 17.2. The number of para-hydroxylation sites is 1. The van der Waals surface area contributed by atoms with Crippen LogP contribution in [0.1, 0.15) is 40.0 Å². The van der Waals surface area contributed by atoms with Crippen molar-refractivity contribution in [2.45, 2.75) is 40.0 Å². The number of amides is 2. The molecule has 116 valence electrons. The van der Waals surface area contributed by atoms with Crippen LogP contribution >= 0.6 is 0 Å². The summed E-state index contributed by atoms with van der Waals surface area (Å²) < 4.78 is 0. The van der Waals surface area contributed by atoms with Gasteiger partial charge in [-0.25, -0.2) is 5.48 Å². The second kappa shape index (κ2) is 7.78. The topological polar surface area (TPSA) is 78.4 Å². The molecule has 0 radical (unpaired) electrons. The van der Waals surface area contributed by atoms with Crippen molar-refractivity contribution in [1.82, 2.24) is 5.48 Å². The summed E-state index contributed by atoms with van der Waals surface area (Å²) in [7, 11) is 0. The van der Waals surface area contributed by atoms with Crippen molar-refractivity contribution < 1.29 is 14.8 Å². The molecule has 0 heterocycles. The van der Waals surface area contributed by atoms with E-state index in [4.69, 9.17) is 5.21 Å². The molecule has 0 saturated heterocycles. The van der Waals surface area contributed by atoms with Gasteiger partial charge in [-0.05, 0) is 29.9 Å². The van der Waals surface area contributed by atoms with Crippen LogP contribution in [0.4, 0.5) is 5.69 Å². The number of anilines is 1. The summed E-state index contributed by atoms with van der Waals surface area (Å²) in [6.07, 6.45) is 1.36. The zero-order valence-electron chi connectivity index (χ0n) is 12.8. The number of hydrogen-bond acceptors (Lipinski definition) is 3. The SMILES string of the molecule is CC(CC(=O)NO)CC(C)(C)CC(=O)Nc1ccccc1. The fraction of sp³-hybridized carbons (Fsp3) is 0.500. The number of nitrogens with one attached hydrogen (secondary N) is 2. The van der Waals surface area contributed by atoms with Gasteiger partial charge in [0.05, 0.1) is 0 Å². The first-order chi connectivity index (χ1) is 9.82. The fourth-order valence-corrected chi connectivity index (χ4v) is 2.61. The Morgan fingerprint density at radius 1 is 1.19 bits per heavy atom.